The van der Waals surface area contributed by atoms with Crippen LogP contribution in [-0.2, 0) is 6.54 Å². The van der Waals surface area contributed by atoms with Crippen molar-refractivity contribution in [3.63, 3.8) is 0 Å². The van der Waals surface area contributed by atoms with Gasteiger partial charge >= 0.3 is 0 Å². The number of nitriles is 1. The Morgan fingerprint density at radius 2 is 2.13 bits per heavy atom. The number of rotatable bonds is 7. The lowest BCUT2D eigenvalue weighted by molar-refractivity contribution is 0.591. The van der Waals surface area contributed by atoms with Crippen LogP contribution in [0.1, 0.15) is 24.6 Å². The van der Waals surface area contributed by atoms with Gasteiger partial charge in [-0.25, -0.2) is 9.97 Å². The van der Waals surface area contributed by atoms with Crippen LogP contribution in [-0.4, -0.2) is 32.8 Å². The summed E-state index contributed by atoms with van der Waals surface area (Å²) in [5, 5.41) is 20.9. The molecule has 1 aliphatic heterocycles. The summed E-state index contributed by atoms with van der Waals surface area (Å²) in [5.74, 6) is 1.27. The lowest BCUT2D eigenvalue weighted by Crippen LogP contribution is -2.22. The van der Waals surface area contributed by atoms with Crippen molar-refractivity contribution >= 4 is 22.9 Å². The van der Waals surface area contributed by atoms with Crippen molar-refractivity contribution in [1.29, 1.82) is 5.26 Å². The van der Waals surface area contributed by atoms with Crippen molar-refractivity contribution in [2.75, 3.05) is 28.6 Å². The summed E-state index contributed by atoms with van der Waals surface area (Å²) in [7, 11) is 0. The van der Waals surface area contributed by atoms with Crippen LogP contribution in [0.4, 0.5) is 17.3 Å². The molecule has 152 valence electrons. The molecule has 1 aromatic carbocycles. The number of anilines is 3. The Kier molecular flexibility index (Phi) is 5.61. The minimum atomic E-state index is 0.507. The van der Waals surface area contributed by atoms with Gasteiger partial charge in [0, 0.05) is 38.2 Å². The van der Waals surface area contributed by atoms with E-state index in [1.54, 1.807) is 12.4 Å². The molecular weight excluding hydrogens is 376 g/mol. The second-order valence-electron chi connectivity index (χ2n) is 7.00. The van der Waals surface area contributed by atoms with Crippen LogP contribution in [0.3, 0.4) is 0 Å². The van der Waals surface area contributed by atoms with Gasteiger partial charge in [-0.2, -0.15) is 10.4 Å². The first-order valence-corrected chi connectivity index (χ1v) is 10.0. The maximum atomic E-state index is 10.0. The van der Waals surface area contributed by atoms with Gasteiger partial charge in [0.25, 0.3) is 0 Å². The Morgan fingerprint density at radius 3 is 2.90 bits per heavy atom. The van der Waals surface area contributed by atoms with Crippen molar-refractivity contribution in [3.05, 3.63) is 66.0 Å². The maximum absolute atomic E-state index is 10.0. The molecule has 0 saturated heterocycles. The fourth-order valence-electron chi connectivity index (χ4n) is 3.53. The Balaban J connectivity index is 1.57. The molecule has 3 aromatic rings. The molecule has 0 fully saturated rings. The van der Waals surface area contributed by atoms with Crippen LogP contribution in [0.25, 0.3) is 5.57 Å². The molecule has 0 atom stereocenters. The Bertz CT molecular complexity index is 1090. The Labute approximate surface area is 175 Å². The molecule has 0 amide bonds. The predicted octanol–water partition coefficient (Wildman–Crippen LogP) is 3.63. The van der Waals surface area contributed by atoms with Crippen LogP contribution in [0.5, 0.6) is 0 Å². The van der Waals surface area contributed by atoms with Gasteiger partial charge in [0.15, 0.2) is 0 Å². The average Bonchev–Trinajstić information content (AvgIpc) is 3.41. The fraction of sp³-hybridized carbons (Fsp3) is 0.273. The van der Waals surface area contributed by atoms with E-state index in [4.69, 9.17) is 0 Å². The molecule has 1 aliphatic rings. The zero-order valence-electron chi connectivity index (χ0n) is 17.1. The van der Waals surface area contributed by atoms with E-state index in [1.807, 2.05) is 48.1 Å². The van der Waals surface area contributed by atoms with Crippen molar-refractivity contribution in [2.45, 2.75) is 26.8 Å². The molecule has 2 aromatic heterocycles. The molecule has 3 heterocycles. The van der Waals surface area contributed by atoms with E-state index in [0.29, 0.717) is 23.8 Å². The van der Waals surface area contributed by atoms with Gasteiger partial charge < -0.3 is 15.5 Å². The second-order valence-corrected chi connectivity index (χ2v) is 7.00. The van der Waals surface area contributed by atoms with E-state index in [1.165, 1.54) is 0 Å². The van der Waals surface area contributed by atoms with Crippen molar-refractivity contribution in [2.24, 2.45) is 0 Å². The topological polar surface area (TPSA) is 94.7 Å². The van der Waals surface area contributed by atoms with Gasteiger partial charge in [0.2, 0.25) is 5.95 Å². The van der Waals surface area contributed by atoms with Gasteiger partial charge in [0.1, 0.15) is 17.5 Å². The standard InChI is InChI=1S/C22H24N8/c1-3-30-19-9-5-4-8-18(19)27-21(30)17(14-23)20-16(2)15-25-22(28-20)24-10-6-12-29-13-7-11-26-29/h4-5,7-9,11,13,15,27H,3,6,10,12H2,1-2H3,(H,24,25,28)/b21-17+. The molecule has 0 spiro atoms. The summed E-state index contributed by atoms with van der Waals surface area (Å²) >= 11 is 0. The number of para-hydroxylation sites is 2. The van der Waals surface area contributed by atoms with Crippen LogP contribution in [0, 0.1) is 18.3 Å². The summed E-state index contributed by atoms with van der Waals surface area (Å²) in [6.45, 7) is 6.27. The van der Waals surface area contributed by atoms with E-state index < -0.39 is 0 Å². The quantitative estimate of drug-likeness (QED) is 0.462. The number of fused-ring (bicyclic) bond motifs is 1. The normalized spacial score (nSPS) is 14.1. The van der Waals surface area contributed by atoms with Gasteiger partial charge in [-0.1, -0.05) is 12.1 Å². The summed E-state index contributed by atoms with van der Waals surface area (Å²) in [5.41, 5.74) is 4.05. The first-order chi connectivity index (χ1) is 14.7. The number of aromatic nitrogens is 4. The van der Waals surface area contributed by atoms with E-state index >= 15 is 0 Å². The number of benzene rings is 1. The summed E-state index contributed by atoms with van der Waals surface area (Å²) in [4.78, 5) is 11.2. The first-order valence-electron chi connectivity index (χ1n) is 10.0. The molecule has 0 bridgehead atoms. The summed E-state index contributed by atoms with van der Waals surface area (Å²) in [6.07, 6.45) is 6.36. The highest BCUT2D eigenvalue weighted by atomic mass is 15.3. The molecule has 8 heteroatoms. The zero-order chi connectivity index (χ0) is 20.9. The Morgan fingerprint density at radius 1 is 1.27 bits per heavy atom. The zero-order valence-corrected chi connectivity index (χ0v) is 17.1. The minimum Gasteiger partial charge on any atom is -0.354 e. The van der Waals surface area contributed by atoms with Gasteiger partial charge in [-0.3, -0.25) is 4.68 Å². The largest absolute Gasteiger partial charge is 0.354 e. The van der Waals surface area contributed by atoms with Crippen LogP contribution in [0.15, 0.2) is 54.7 Å². The van der Waals surface area contributed by atoms with Crippen molar-refractivity contribution in [3.8, 4) is 6.07 Å². The maximum Gasteiger partial charge on any atom is 0.223 e. The molecular formula is C22H24N8. The molecule has 8 nitrogen and oxygen atoms in total. The molecule has 30 heavy (non-hydrogen) atoms. The smallest absolute Gasteiger partial charge is 0.223 e. The third kappa shape index (κ3) is 3.82. The van der Waals surface area contributed by atoms with Gasteiger partial charge in [-0.15, -0.1) is 0 Å². The fourth-order valence-corrected chi connectivity index (χ4v) is 3.53. The highest BCUT2D eigenvalue weighted by Gasteiger charge is 2.27. The predicted molar refractivity (Wildman–Crippen MR) is 118 cm³/mol. The van der Waals surface area contributed by atoms with Crippen molar-refractivity contribution in [1.82, 2.24) is 19.7 Å². The number of hydrogen-bond acceptors (Lipinski definition) is 7. The summed E-state index contributed by atoms with van der Waals surface area (Å²) in [6, 6.07) is 12.3. The monoisotopic (exact) mass is 400 g/mol. The third-order valence-corrected chi connectivity index (χ3v) is 5.00. The summed E-state index contributed by atoms with van der Waals surface area (Å²) < 4.78 is 1.89. The van der Waals surface area contributed by atoms with E-state index in [9.17, 15) is 5.26 Å². The van der Waals surface area contributed by atoms with E-state index in [2.05, 4.69) is 43.6 Å². The Hall–Kier alpha value is -3.86. The van der Waals surface area contributed by atoms with E-state index in [-0.39, 0.29) is 0 Å². The van der Waals surface area contributed by atoms with Crippen LogP contribution < -0.4 is 15.5 Å². The molecule has 0 radical (unpaired) electrons. The highest BCUT2D eigenvalue weighted by molar-refractivity contribution is 5.91. The third-order valence-electron chi connectivity index (χ3n) is 5.00. The second kappa shape index (κ2) is 8.66. The molecule has 4 rings (SSSR count). The lowest BCUT2D eigenvalue weighted by atomic mass is 10.1. The average molecular weight is 400 g/mol. The van der Waals surface area contributed by atoms with Gasteiger partial charge in [0.05, 0.1) is 17.1 Å². The van der Waals surface area contributed by atoms with E-state index in [0.717, 1.165) is 42.3 Å². The number of nitrogens with zero attached hydrogens (tertiary/aromatic N) is 6. The van der Waals surface area contributed by atoms with Crippen molar-refractivity contribution < 1.29 is 0 Å². The number of allylic oxidation sites excluding steroid dienone is 1. The molecule has 0 unspecified atom stereocenters. The lowest BCUT2D eigenvalue weighted by Gasteiger charge is -2.19. The van der Waals surface area contributed by atoms with Crippen LogP contribution >= 0.6 is 0 Å². The molecule has 0 aliphatic carbocycles. The SMILES string of the molecule is CCN1/C(=C(\C#N)c2nc(NCCCn3cccn3)ncc2C)Nc2ccccc21. The number of nitrogens with one attached hydrogen (secondary N) is 2. The van der Waals surface area contributed by atoms with Gasteiger partial charge in [-0.05, 0) is 44.0 Å². The number of hydrogen-bond donors (Lipinski definition) is 2. The highest BCUT2D eigenvalue weighted by Crippen LogP contribution is 2.38. The minimum absolute atomic E-state index is 0.507. The molecule has 0 saturated carbocycles. The first kappa shape index (κ1) is 19.5. The number of aryl methyl sites for hydroxylation is 2. The van der Waals surface area contributed by atoms with Crippen LogP contribution in [0.2, 0.25) is 0 Å². The molecule has 2 N–H and O–H groups in total.